The summed E-state index contributed by atoms with van der Waals surface area (Å²) in [5.74, 6) is 0.0433. The van der Waals surface area contributed by atoms with Crippen molar-refractivity contribution in [3.63, 3.8) is 0 Å². The van der Waals surface area contributed by atoms with Crippen LogP contribution in [0.2, 0.25) is 0 Å². The number of imidazole rings is 1. The summed E-state index contributed by atoms with van der Waals surface area (Å²) >= 11 is 0. The van der Waals surface area contributed by atoms with Crippen LogP contribution in [0.5, 0.6) is 0 Å². The number of hydrogen-bond donors (Lipinski definition) is 0. The van der Waals surface area contributed by atoms with Crippen molar-refractivity contribution in [2.75, 3.05) is 12.9 Å². The van der Waals surface area contributed by atoms with E-state index in [1.165, 1.54) is 7.11 Å². The molecule has 0 saturated heterocycles. The zero-order valence-electron chi connectivity index (χ0n) is 7.38. The van der Waals surface area contributed by atoms with Gasteiger partial charge >= 0.3 is 0 Å². The minimum absolute atomic E-state index is 0.0433. The monoisotopic (exact) mass is 204 g/mol. The standard InChI is InChI=1S/C7H12N2O3S/c1-12-13(10,11)6-2-4-9-5-3-8-7-9/h3,5,7H,2,4,6H2,1H3. The van der Waals surface area contributed by atoms with Crippen LogP contribution in [0.1, 0.15) is 6.42 Å². The van der Waals surface area contributed by atoms with Gasteiger partial charge in [0.1, 0.15) is 0 Å². The molecule has 0 amide bonds. The van der Waals surface area contributed by atoms with E-state index in [9.17, 15) is 8.42 Å². The SMILES string of the molecule is COS(=O)(=O)CCCn1ccnc1. The molecule has 0 radical (unpaired) electrons. The van der Waals surface area contributed by atoms with Crippen molar-refractivity contribution in [1.82, 2.24) is 9.55 Å². The van der Waals surface area contributed by atoms with E-state index in [0.29, 0.717) is 13.0 Å². The van der Waals surface area contributed by atoms with Gasteiger partial charge in [0, 0.05) is 18.9 Å². The second kappa shape index (κ2) is 4.38. The Labute approximate surface area is 77.5 Å². The number of aryl methyl sites for hydroxylation is 1. The molecule has 5 nitrogen and oxygen atoms in total. The molecule has 0 atom stereocenters. The Bertz CT molecular complexity index is 331. The second-order valence-electron chi connectivity index (χ2n) is 2.58. The summed E-state index contributed by atoms with van der Waals surface area (Å²) < 4.78 is 27.9. The smallest absolute Gasteiger partial charge is 0.267 e. The van der Waals surface area contributed by atoms with Crippen molar-refractivity contribution in [2.45, 2.75) is 13.0 Å². The molecule has 0 aliphatic rings. The van der Waals surface area contributed by atoms with Gasteiger partial charge in [-0.3, -0.25) is 4.18 Å². The van der Waals surface area contributed by atoms with E-state index >= 15 is 0 Å². The Balaban J connectivity index is 2.30. The third kappa shape index (κ3) is 3.56. The maximum atomic E-state index is 10.9. The van der Waals surface area contributed by atoms with Crippen LogP contribution in [0.4, 0.5) is 0 Å². The van der Waals surface area contributed by atoms with Gasteiger partial charge < -0.3 is 4.57 Å². The highest BCUT2D eigenvalue weighted by molar-refractivity contribution is 7.86. The van der Waals surface area contributed by atoms with Crippen LogP contribution in [0.15, 0.2) is 18.7 Å². The van der Waals surface area contributed by atoms with Gasteiger partial charge in [-0.15, -0.1) is 0 Å². The van der Waals surface area contributed by atoms with Crippen molar-refractivity contribution in [3.8, 4) is 0 Å². The number of aromatic nitrogens is 2. The molecule has 1 aromatic rings. The summed E-state index contributed by atoms with van der Waals surface area (Å²) in [7, 11) is -2.13. The van der Waals surface area contributed by atoms with E-state index in [4.69, 9.17) is 0 Å². The van der Waals surface area contributed by atoms with Crippen LogP contribution in [0.25, 0.3) is 0 Å². The minimum Gasteiger partial charge on any atom is -0.337 e. The number of nitrogens with zero attached hydrogens (tertiary/aromatic N) is 2. The molecule has 1 aromatic heterocycles. The van der Waals surface area contributed by atoms with Crippen molar-refractivity contribution in [3.05, 3.63) is 18.7 Å². The van der Waals surface area contributed by atoms with Crippen LogP contribution >= 0.6 is 0 Å². The normalized spacial score (nSPS) is 11.8. The molecule has 0 fully saturated rings. The van der Waals surface area contributed by atoms with Gasteiger partial charge in [0.15, 0.2) is 0 Å². The predicted octanol–water partition coefficient (Wildman–Crippen LogP) is 0.249. The molecular formula is C7H12N2O3S. The first-order valence-electron chi connectivity index (χ1n) is 3.88. The molecule has 74 valence electrons. The molecule has 0 aliphatic heterocycles. The summed E-state index contributed by atoms with van der Waals surface area (Å²) in [4.78, 5) is 3.84. The van der Waals surface area contributed by atoms with E-state index in [0.717, 1.165) is 0 Å². The molecule has 1 heterocycles. The second-order valence-corrected chi connectivity index (χ2v) is 4.44. The molecule has 0 aliphatic carbocycles. The fraction of sp³-hybridized carbons (Fsp3) is 0.571. The fourth-order valence-corrected chi connectivity index (χ4v) is 1.58. The average molecular weight is 204 g/mol. The zero-order chi connectivity index (χ0) is 9.73. The summed E-state index contributed by atoms with van der Waals surface area (Å²) in [5, 5.41) is 0. The molecule has 0 N–H and O–H groups in total. The number of hydrogen-bond acceptors (Lipinski definition) is 4. The van der Waals surface area contributed by atoms with E-state index in [1.807, 2.05) is 4.57 Å². The summed E-state index contributed by atoms with van der Waals surface area (Å²) in [6.07, 6.45) is 5.64. The Kier molecular flexibility index (Phi) is 3.44. The van der Waals surface area contributed by atoms with E-state index in [2.05, 4.69) is 9.17 Å². The summed E-state index contributed by atoms with van der Waals surface area (Å²) in [6.45, 7) is 0.641. The average Bonchev–Trinajstić information content (AvgIpc) is 2.57. The third-order valence-electron chi connectivity index (χ3n) is 1.62. The quantitative estimate of drug-likeness (QED) is 0.645. The van der Waals surface area contributed by atoms with Crippen LogP contribution in [0, 0.1) is 0 Å². The van der Waals surface area contributed by atoms with Crippen molar-refractivity contribution >= 4 is 10.1 Å². The molecule has 0 aromatic carbocycles. The summed E-state index contributed by atoms with van der Waals surface area (Å²) in [6, 6.07) is 0. The zero-order valence-corrected chi connectivity index (χ0v) is 8.20. The molecular weight excluding hydrogens is 192 g/mol. The molecule has 0 saturated carbocycles. The molecule has 0 bridgehead atoms. The Morgan fingerprint density at radius 1 is 1.54 bits per heavy atom. The molecule has 0 spiro atoms. The minimum atomic E-state index is -3.31. The lowest BCUT2D eigenvalue weighted by molar-refractivity contribution is 0.395. The Morgan fingerprint density at radius 2 is 2.31 bits per heavy atom. The van der Waals surface area contributed by atoms with E-state index in [-0.39, 0.29) is 5.75 Å². The lowest BCUT2D eigenvalue weighted by Gasteiger charge is -2.01. The molecule has 6 heteroatoms. The van der Waals surface area contributed by atoms with Gasteiger partial charge in [-0.05, 0) is 6.42 Å². The van der Waals surface area contributed by atoms with Gasteiger partial charge in [-0.2, -0.15) is 8.42 Å². The van der Waals surface area contributed by atoms with Gasteiger partial charge in [-0.25, -0.2) is 4.98 Å². The number of rotatable bonds is 5. The summed E-state index contributed by atoms with van der Waals surface area (Å²) in [5.41, 5.74) is 0. The van der Waals surface area contributed by atoms with Crippen LogP contribution < -0.4 is 0 Å². The first-order chi connectivity index (χ1) is 6.14. The lowest BCUT2D eigenvalue weighted by Crippen LogP contribution is -2.10. The first kappa shape index (κ1) is 10.2. The highest BCUT2D eigenvalue weighted by Crippen LogP contribution is 1.97. The van der Waals surface area contributed by atoms with Crippen LogP contribution in [-0.2, 0) is 20.8 Å². The molecule has 0 unspecified atom stereocenters. The topological polar surface area (TPSA) is 61.2 Å². The van der Waals surface area contributed by atoms with Crippen LogP contribution in [-0.4, -0.2) is 30.8 Å². The highest BCUT2D eigenvalue weighted by atomic mass is 32.2. The molecule has 1 rings (SSSR count). The Hall–Kier alpha value is -0.880. The van der Waals surface area contributed by atoms with Crippen molar-refractivity contribution in [1.29, 1.82) is 0 Å². The van der Waals surface area contributed by atoms with E-state index in [1.54, 1.807) is 18.7 Å². The predicted molar refractivity (Wildman–Crippen MR) is 47.6 cm³/mol. The van der Waals surface area contributed by atoms with Gasteiger partial charge in [0.2, 0.25) is 0 Å². The first-order valence-corrected chi connectivity index (χ1v) is 5.46. The van der Waals surface area contributed by atoms with Gasteiger partial charge in [-0.1, -0.05) is 0 Å². The largest absolute Gasteiger partial charge is 0.337 e. The Morgan fingerprint density at radius 3 is 2.85 bits per heavy atom. The maximum absolute atomic E-state index is 10.9. The van der Waals surface area contributed by atoms with E-state index < -0.39 is 10.1 Å². The fourth-order valence-electron chi connectivity index (χ4n) is 0.926. The van der Waals surface area contributed by atoms with Gasteiger partial charge in [0.25, 0.3) is 10.1 Å². The highest BCUT2D eigenvalue weighted by Gasteiger charge is 2.07. The van der Waals surface area contributed by atoms with Crippen LogP contribution in [0.3, 0.4) is 0 Å². The third-order valence-corrected chi connectivity index (χ3v) is 2.92. The van der Waals surface area contributed by atoms with Crippen molar-refractivity contribution < 1.29 is 12.6 Å². The maximum Gasteiger partial charge on any atom is 0.267 e. The van der Waals surface area contributed by atoms with Crippen molar-refractivity contribution in [2.24, 2.45) is 0 Å². The lowest BCUT2D eigenvalue weighted by atomic mass is 10.5. The van der Waals surface area contributed by atoms with Gasteiger partial charge in [0.05, 0.1) is 19.2 Å². The molecule has 13 heavy (non-hydrogen) atoms.